The van der Waals surface area contributed by atoms with Crippen molar-refractivity contribution in [3.05, 3.63) is 23.8 Å². The molecule has 1 fully saturated rings. The maximum atomic E-state index is 8.82. The Morgan fingerprint density at radius 1 is 1.29 bits per heavy atom. The van der Waals surface area contributed by atoms with Crippen LogP contribution in [0.4, 0.5) is 0 Å². The summed E-state index contributed by atoms with van der Waals surface area (Å²) in [6.45, 7) is 3.48. The smallest absolute Gasteiger partial charge is 0.161 e. The van der Waals surface area contributed by atoms with Crippen LogP contribution in [0.25, 0.3) is 0 Å². The van der Waals surface area contributed by atoms with Crippen molar-refractivity contribution in [2.45, 2.75) is 45.2 Å². The van der Waals surface area contributed by atoms with Crippen LogP contribution in [-0.2, 0) is 6.54 Å². The largest absolute Gasteiger partial charge is 0.493 e. The number of aliphatic hydroxyl groups excluding tert-OH is 1. The van der Waals surface area contributed by atoms with Crippen molar-refractivity contribution < 1.29 is 14.6 Å². The standard InChI is InChI=1S/C17H27NO3/c1-13-4-3-5-15(10-13)18-12-14-6-7-16(21-9-8-19)17(11-14)20-2/h6-7,11,13,15,18-19H,3-5,8-10,12H2,1-2H3. The van der Waals surface area contributed by atoms with Crippen LogP contribution in [0.5, 0.6) is 11.5 Å². The molecule has 118 valence electrons. The van der Waals surface area contributed by atoms with E-state index in [9.17, 15) is 0 Å². The monoisotopic (exact) mass is 293 g/mol. The fourth-order valence-electron chi connectivity index (χ4n) is 2.98. The molecule has 1 aliphatic rings. The topological polar surface area (TPSA) is 50.7 Å². The van der Waals surface area contributed by atoms with Crippen molar-refractivity contribution in [3.63, 3.8) is 0 Å². The Labute approximate surface area is 127 Å². The van der Waals surface area contributed by atoms with Crippen molar-refractivity contribution in [1.29, 1.82) is 0 Å². The molecule has 0 radical (unpaired) electrons. The molecule has 2 atom stereocenters. The van der Waals surface area contributed by atoms with E-state index in [0.717, 1.165) is 18.2 Å². The third-order valence-corrected chi connectivity index (χ3v) is 4.11. The van der Waals surface area contributed by atoms with E-state index in [1.807, 2.05) is 12.1 Å². The molecule has 0 saturated heterocycles. The van der Waals surface area contributed by atoms with Gasteiger partial charge in [0.1, 0.15) is 6.61 Å². The molecule has 0 heterocycles. The van der Waals surface area contributed by atoms with E-state index in [4.69, 9.17) is 14.6 Å². The first-order valence-corrected chi connectivity index (χ1v) is 7.87. The van der Waals surface area contributed by atoms with Gasteiger partial charge < -0.3 is 19.9 Å². The number of hydrogen-bond acceptors (Lipinski definition) is 4. The van der Waals surface area contributed by atoms with Crippen molar-refractivity contribution in [2.75, 3.05) is 20.3 Å². The van der Waals surface area contributed by atoms with Crippen molar-refractivity contribution in [1.82, 2.24) is 5.32 Å². The lowest BCUT2D eigenvalue weighted by atomic mass is 9.87. The molecule has 4 heteroatoms. The molecular weight excluding hydrogens is 266 g/mol. The van der Waals surface area contributed by atoms with Gasteiger partial charge in [-0.15, -0.1) is 0 Å². The minimum absolute atomic E-state index is 0.00628. The summed E-state index contributed by atoms with van der Waals surface area (Å²) in [6, 6.07) is 6.60. The first kappa shape index (κ1) is 16.1. The number of ether oxygens (including phenoxy) is 2. The molecule has 0 spiro atoms. The SMILES string of the molecule is COc1cc(CNC2CCCC(C)C2)ccc1OCCO. The molecule has 4 nitrogen and oxygen atoms in total. The van der Waals surface area contributed by atoms with Gasteiger partial charge in [0.15, 0.2) is 11.5 Å². The Bertz CT molecular complexity index is 436. The van der Waals surface area contributed by atoms with Gasteiger partial charge in [0.05, 0.1) is 13.7 Å². The normalized spacial score (nSPS) is 22.0. The van der Waals surface area contributed by atoms with Crippen LogP contribution in [0.1, 0.15) is 38.2 Å². The van der Waals surface area contributed by atoms with E-state index in [1.54, 1.807) is 7.11 Å². The first-order valence-electron chi connectivity index (χ1n) is 7.87. The molecule has 21 heavy (non-hydrogen) atoms. The summed E-state index contributed by atoms with van der Waals surface area (Å²) in [5.74, 6) is 2.24. The Balaban J connectivity index is 1.90. The number of methoxy groups -OCH3 is 1. The highest BCUT2D eigenvalue weighted by atomic mass is 16.5. The van der Waals surface area contributed by atoms with Crippen LogP contribution in [0, 0.1) is 5.92 Å². The summed E-state index contributed by atoms with van der Waals surface area (Å²) >= 11 is 0. The van der Waals surface area contributed by atoms with Gasteiger partial charge in [-0.1, -0.05) is 25.8 Å². The molecular formula is C17H27NO3. The van der Waals surface area contributed by atoms with Crippen LogP contribution in [0.2, 0.25) is 0 Å². The molecule has 2 N–H and O–H groups in total. The fourth-order valence-corrected chi connectivity index (χ4v) is 2.98. The number of aliphatic hydroxyl groups is 1. The van der Waals surface area contributed by atoms with Crippen molar-refractivity contribution in [2.24, 2.45) is 5.92 Å². The van der Waals surface area contributed by atoms with E-state index in [0.29, 0.717) is 11.8 Å². The summed E-state index contributed by atoms with van der Waals surface area (Å²) in [5, 5.41) is 12.5. The average molecular weight is 293 g/mol. The molecule has 2 rings (SSSR count). The van der Waals surface area contributed by atoms with Crippen LogP contribution in [0.15, 0.2) is 18.2 Å². The molecule has 2 unspecified atom stereocenters. The van der Waals surface area contributed by atoms with E-state index in [1.165, 1.54) is 31.2 Å². The lowest BCUT2D eigenvalue weighted by Gasteiger charge is -2.27. The van der Waals surface area contributed by atoms with Gasteiger partial charge in [-0.25, -0.2) is 0 Å². The van der Waals surface area contributed by atoms with Crippen molar-refractivity contribution in [3.8, 4) is 11.5 Å². The highest BCUT2D eigenvalue weighted by Crippen LogP contribution is 2.28. The Morgan fingerprint density at radius 3 is 2.86 bits per heavy atom. The molecule has 1 aromatic rings. The lowest BCUT2D eigenvalue weighted by Crippen LogP contribution is -2.33. The zero-order chi connectivity index (χ0) is 15.1. The second kappa shape index (κ2) is 8.25. The summed E-state index contributed by atoms with van der Waals surface area (Å²) < 4.78 is 10.8. The first-order chi connectivity index (χ1) is 10.2. The summed E-state index contributed by atoms with van der Waals surface area (Å²) in [4.78, 5) is 0. The number of hydrogen-bond donors (Lipinski definition) is 2. The molecule has 0 aliphatic heterocycles. The molecule has 1 saturated carbocycles. The Kier molecular flexibility index (Phi) is 6.33. The van der Waals surface area contributed by atoms with Gasteiger partial charge in [-0.05, 0) is 36.5 Å². The van der Waals surface area contributed by atoms with Crippen LogP contribution < -0.4 is 14.8 Å². The van der Waals surface area contributed by atoms with Crippen LogP contribution in [-0.4, -0.2) is 31.5 Å². The number of benzene rings is 1. The quantitative estimate of drug-likeness (QED) is 0.811. The van der Waals surface area contributed by atoms with Crippen LogP contribution in [0.3, 0.4) is 0 Å². The van der Waals surface area contributed by atoms with Crippen molar-refractivity contribution >= 4 is 0 Å². The van der Waals surface area contributed by atoms with Gasteiger partial charge >= 0.3 is 0 Å². The van der Waals surface area contributed by atoms with Gasteiger partial charge in [-0.3, -0.25) is 0 Å². The van der Waals surface area contributed by atoms with Gasteiger partial charge in [0.2, 0.25) is 0 Å². The summed E-state index contributed by atoms with van der Waals surface area (Å²) in [6.07, 6.45) is 5.24. The molecule has 1 aromatic carbocycles. The van der Waals surface area contributed by atoms with E-state index >= 15 is 0 Å². The minimum atomic E-state index is 0.00628. The third kappa shape index (κ3) is 4.90. The zero-order valence-electron chi connectivity index (χ0n) is 13.1. The maximum Gasteiger partial charge on any atom is 0.161 e. The maximum absolute atomic E-state index is 8.82. The second-order valence-corrected chi connectivity index (χ2v) is 5.91. The molecule has 0 aromatic heterocycles. The summed E-state index contributed by atoms with van der Waals surface area (Å²) in [7, 11) is 1.64. The summed E-state index contributed by atoms with van der Waals surface area (Å²) in [5.41, 5.74) is 1.20. The Morgan fingerprint density at radius 2 is 2.14 bits per heavy atom. The van der Waals surface area contributed by atoms with Crippen LogP contribution >= 0.6 is 0 Å². The third-order valence-electron chi connectivity index (χ3n) is 4.11. The number of rotatable bonds is 7. The highest BCUT2D eigenvalue weighted by Gasteiger charge is 2.18. The molecule has 0 amide bonds. The van der Waals surface area contributed by atoms with Gasteiger partial charge in [0.25, 0.3) is 0 Å². The predicted molar refractivity (Wildman–Crippen MR) is 83.8 cm³/mol. The Hall–Kier alpha value is -1.26. The van der Waals surface area contributed by atoms with Gasteiger partial charge in [-0.2, -0.15) is 0 Å². The van der Waals surface area contributed by atoms with Gasteiger partial charge in [0, 0.05) is 12.6 Å². The molecule has 1 aliphatic carbocycles. The highest BCUT2D eigenvalue weighted by molar-refractivity contribution is 5.42. The minimum Gasteiger partial charge on any atom is -0.493 e. The second-order valence-electron chi connectivity index (χ2n) is 5.91. The lowest BCUT2D eigenvalue weighted by molar-refractivity contribution is 0.196. The molecule has 0 bridgehead atoms. The predicted octanol–water partition coefficient (Wildman–Crippen LogP) is 2.73. The van der Waals surface area contributed by atoms with E-state index < -0.39 is 0 Å². The zero-order valence-corrected chi connectivity index (χ0v) is 13.1. The average Bonchev–Trinajstić information content (AvgIpc) is 2.51. The fraction of sp³-hybridized carbons (Fsp3) is 0.647. The van der Waals surface area contributed by atoms with E-state index in [2.05, 4.69) is 18.3 Å². The van der Waals surface area contributed by atoms with E-state index in [-0.39, 0.29) is 13.2 Å². The number of nitrogens with one attached hydrogen (secondary N) is 1.